The Labute approximate surface area is 259 Å². The number of halogens is 4. The maximum absolute atomic E-state index is 14.9. The molecule has 1 saturated heterocycles. The standard InChI is InChI=1S/C30H27F4N7O3S/c1-17(2)22-10-4-18(3)12-25(22)41-27(42)15-45-29(41)38-28(43)37-19-5-11-24(23(31)13-19)35-14-26-36-16-40(39-26)20-6-8-21(9-7-20)44-30(32,33)34/h4-13,16-17,35H,14-15H2,1-3H3,(H,37,43). The molecule has 0 saturated carbocycles. The van der Waals surface area contributed by atoms with Crippen LogP contribution in [0.25, 0.3) is 5.69 Å². The number of thioether (sulfide) groups is 1. The SMILES string of the molecule is Cc1ccc(C(C)C)c(N2C(=O)CSC2=NC(=O)Nc2ccc(NCc3ncn(-c4ccc(OC(F)(F)F)cc4)n3)c(F)c2)c1. The van der Waals surface area contributed by atoms with Crippen molar-refractivity contribution in [1.82, 2.24) is 14.8 Å². The molecule has 0 radical (unpaired) electrons. The van der Waals surface area contributed by atoms with Crippen LogP contribution in [0.3, 0.4) is 0 Å². The summed E-state index contributed by atoms with van der Waals surface area (Å²) in [7, 11) is 0. The Hall–Kier alpha value is -4.92. The fraction of sp³-hybridized carbons (Fsp3) is 0.233. The molecule has 45 heavy (non-hydrogen) atoms. The average Bonchev–Trinajstić information content (AvgIpc) is 3.58. The van der Waals surface area contributed by atoms with Crippen LogP contribution in [0.15, 0.2) is 72.0 Å². The molecule has 0 atom stereocenters. The minimum Gasteiger partial charge on any atom is -0.406 e. The second-order valence-corrected chi connectivity index (χ2v) is 11.2. The Kier molecular flexibility index (Phi) is 9.09. The van der Waals surface area contributed by atoms with Gasteiger partial charge in [-0.1, -0.05) is 37.7 Å². The number of rotatable bonds is 8. The Morgan fingerprint density at radius 1 is 1.11 bits per heavy atom. The number of anilines is 3. The van der Waals surface area contributed by atoms with Crippen LogP contribution < -0.4 is 20.3 Å². The van der Waals surface area contributed by atoms with Gasteiger partial charge in [0.25, 0.3) is 0 Å². The largest absolute Gasteiger partial charge is 0.573 e. The van der Waals surface area contributed by atoms with E-state index in [4.69, 9.17) is 0 Å². The number of alkyl halides is 3. The van der Waals surface area contributed by atoms with Gasteiger partial charge in [-0.15, -0.1) is 18.3 Å². The molecular formula is C30H27F4N7O3S. The monoisotopic (exact) mass is 641 g/mol. The first-order chi connectivity index (χ1) is 21.4. The highest BCUT2D eigenvalue weighted by Gasteiger charge is 2.33. The second-order valence-electron chi connectivity index (χ2n) is 10.3. The van der Waals surface area contributed by atoms with Crippen LogP contribution in [0.1, 0.15) is 36.7 Å². The Morgan fingerprint density at radius 2 is 1.87 bits per heavy atom. The van der Waals surface area contributed by atoms with Gasteiger partial charge in [0.1, 0.15) is 17.9 Å². The molecule has 4 aromatic rings. The summed E-state index contributed by atoms with van der Waals surface area (Å²) in [6.07, 6.45) is -3.42. The van der Waals surface area contributed by atoms with E-state index < -0.39 is 18.2 Å². The summed E-state index contributed by atoms with van der Waals surface area (Å²) in [5.41, 5.74) is 3.32. The zero-order valence-corrected chi connectivity index (χ0v) is 25.0. The topological polar surface area (TPSA) is 114 Å². The summed E-state index contributed by atoms with van der Waals surface area (Å²) in [5.74, 6) is -0.642. The molecule has 1 aliphatic rings. The predicted octanol–water partition coefficient (Wildman–Crippen LogP) is 7.02. The van der Waals surface area contributed by atoms with Gasteiger partial charge in [0.15, 0.2) is 11.0 Å². The number of nitrogens with one attached hydrogen (secondary N) is 2. The van der Waals surface area contributed by atoms with Gasteiger partial charge in [0, 0.05) is 5.69 Å². The van der Waals surface area contributed by atoms with Crippen molar-refractivity contribution in [3.63, 3.8) is 0 Å². The lowest BCUT2D eigenvalue weighted by atomic mass is 9.99. The quantitative estimate of drug-likeness (QED) is 0.199. The van der Waals surface area contributed by atoms with Crippen molar-refractivity contribution in [2.75, 3.05) is 21.3 Å². The van der Waals surface area contributed by atoms with E-state index >= 15 is 0 Å². The van der Waals surface area contributed by atoms with Crippen LogP contribution in [0, 0.1) is 12.7 Å². The molecule has 0 unspecified atom stereocenters. The van der Waals surface area contributed by atoms with Crippen molar-refractivity contribution in [3.8, 4) is 11.4 Å². The van der Waals surface area contributed by atoms with E-state index in [2.05, 4.69) is 30.4 Å². The molecule has 1 aromatic heterocycles. The van der Waals surface area contributed by atoms with Crippen molar-refractivity contribution < 1.29 is 31.9 Å². The molecule has 5 rings (SSSR count). The van der Waals surface area contributed by atoms with Gasteiger partial charge in [0.2, 0.25) is 5.91 Å². The summed E-state index contributed by atoms with van der Waals surface area (Å²) in [6.45, 7) is 6.00. The highest BCUT2D eigenvalue weighted by Crippen LogP contribution is 2.34. The molecule has 2 N–H and O–H groups in total. The molecule has 2 heterocycles. The number of amides is 3. The highest BCUT2D eigenvalue weighted by atomic mass is 32.2. The lowest BCUT2D eigenvalue weighted by Crippen LogP contribution is -2.31. The van der Waals surface area contributed by atoms with E-state index in [0.717, 1.165) is 41.1 Å². The molecule has 1 aliphatic heterocycles. The van der Waals surface area contributed by atoms with Gasteiger partial charge in [-0.3, -0.25) is 9.69 Å². The van der Waals surface area contributed by atoms with Crippen LogP contribution in [-0.2, 0) is 11.3 Å². The molecule has 15 heteroatoms. The zero-order valence-electron chi connectivity index (χ0n) is 24.2. The minimum atomic E-state index is -4.79. The molecule has 1 fully saturated rings. The van der Waals surface area contributed by atoms with Gasteiger partial charge in [-0.2, -0.15) is 4.99 Å². The summed E-state index contributed by atoms with van der Waals surface area (Å²) in [4.78, 5) is 35.2. The van der Waals surface area contributed by atoms with Crippen LogP contribution in [-0.4, -0.2) is 44.0 Å². The second kappa shape index (κ2) is 13.0. The van der Waals surface area contributed by atoms with Crippen molar-refractivity contribution in [2.24, 2.45) is 4.99 Å². The zero-order chi connectivity index (χ0) is 32.3. The van der Waals surface area contributed by atoms with Gasteiger partial charge in [-0.25, -0.2) is 18.9 Å². The van der Waals surface area contributed by atoms with Crippen molar-refractivity contribution in [2.45, 2.75) is 39.6 Å². The summed E-state index contributed by atoms with van der Waals surface area (Å²) in [5, 5.41) is 9.89. The first-order valence-corrected chi connectivity index (χ1v) is 14.6. The molecular weight excluding hydrogens is 614 g/mol. The van der Waals surface area contributed by atoms with Gasteiger partial charge >= 0.3 is 12.4 Å². The number of ether oxygens (including phenoxy) is 1. The van der Waals surface area contributed by atoms with E-state index in [1.165, 1.54) is 40.2 Å². The first-order valence-electron chi connectivity index (χ1n) is 13.6. The normalized spacial score (nSPS) is 14.4. The van der Waals surface area contributed by atoms with Crippen LogP contribution in [0.2, 0.25) is 0 Å². The van der Waals surface area contributed by atoms with E-state index in [1.54, 1.807) is 0 Å². The summed E-state index contributed by atoms with van der Waals surface area (Å²) >= 11 is 1.15. The number of carbonyl (C=O) groups excluding carboxylic acids is 2. The van der Waals surface area contributed by atoms with Gasteiger partial charge < -0.3 is 15.4 Å². The fourth-order valence-electron chi connectivity index (χ4n) is 4.47. The first kappa shape index (κ1) is 31.5. The molecule has 234 valence electrons. The number of hydrogen-bond donors (Lipinski definition) is 2. The van der Waals surface area contributed by atoms with Crippen molar-refractivity contribution in [3.05, 3.63) is 89.8 Å². The number of aliphatic imine (C=N–C) groups is 1. The number of urea groups is 1. The Bertz CT molecular complexity index is 1760. The number of hydrogen-bond acceptors (Lipinski definition) is 7. The van der Waals surface area contributed by atoms with Gasteiger partial charge in [-0.05, 0) is 72.5 Å². The molecule has 3 aromatic carbocycles. The minimum absolute atomic E-state index is 0.0387. The third-order valence-electron chi connectivity index (χ3n) is 6.54. The number of benzene rings is 3. The highest BCUT2D eigenvalue weighted by molar-refractivity contribution is 8.15. The lowest BCUT2D eigenvalue weighted by molar-refractivity contribution is -0.274. The number of carbonyl (C=O) groups is 2. The molecule has 10 nitrogen and oxygen atoms in total. The molecule has 0 spiro atoms. The number of amidine groups is 1. The predicted molar refractivity (Wildman–Crippen MR) is 163 cm³/mol. The fourth-order valence-corrected chi connectivity index (χ4v) is 5.33. The summed E-state index contributed by atoms with van der Waals surface area (Å²) in [6, 6.07) is 14.2. The molecule has 0 bridgehead atoms. The maximum Gasteiger partial charge on any atom is 0.573 e. The Balaban J connectivity index is 1.21. The van der Waals surface area contributed by atoms with Crippen molar-refractivity contribution in [1.29, 1.82) is 0 Å². The van der Waals surface area contributed by atoms with Crippen LogP contribution in [0.5, 0.6) is 5.75 Å². The van der Waals surface area contributed by atoms with Gasteiger partial charge in [0.05, 0.1) is 29.4 Å². The average molecular weight is 642 g/mol. The van der Waals surface area contributed by atoms with E-state index in [-0.39, 0.29) is 46.4 Å². The maximum atomic E-state index is 14.9. The Morgan fingerprint density at radius 3 is 2.56 bits per heavy atom. The smallest absolute Gasteiger partial charge is 0.406 e. The third-order valence-corrected chi connectivity index (χ3v) is 7.47. The third kappa shape index (κ3) is 7.78. The molecule has 0 aliphatic carbocycles. The number of aryl methyl sites for hydroxylation is 1. The van der Waals surface area contributed by atoms with Crippen LogP contribution >= 0.6 is 11.8 Å². The van der Waals surface area contributed by atoms with E-state index in [9.17, 15) is 27.2 Å². The van der Waals surface area contributed by atoms with Crippen LogP contribution in [0.4, 0.5) is 39.4 Å². The number of aromatic nitrogens is 3. The number of nitrogens with zero attached hydrogens (tertiary/aromatic N) is 5. The molecule has 3 amide bonds. The van der Waals surface area contributed by atoms with E-state index in [0.29, 0.717) is 17.2 Å². The van der Waals surface area contributed by atoms with E-state index in [1.807, 2.05) is 39.0 Å². The lowest BCUT2D eigenvalue weighted by Gasteiger charge is -2.22. The summed E-state index contributed by atoms with van der Waals surface area (Å²) < 4.78 is 57.2. The van der Waals surface area contributed by atoms with Crippen molar-refractivity contribution >= 4 is 45.9 Å².